The Morgan fingerprint density at radius 1 is 1.26 bits per heavy atom. The second-order valence-corrected chi connectivity index (χ2v) is 8.05. The van der Waals surface area contributed by atoms with Gasteiger partial charge in [-0.25, -0.2) is 0 Å². The maximum Gasteiger partial charge on any atom is 0.240 e. The van der Waals surface area contributed by atoms with Crippen molar-refractivity contribution in [3.63, 3.8) is 0 Å². The zero-order valence-electron chi connectivity index (χ0n) is 15.7. The van der Waals surface area contributed by atoms with Crippen LogP contribution in [0.5, 0.6) is 0 Å². The standard InChI is InChI=1S/C20H22N4O2S/c1-13-16(10-12-26-13)18-21-22-20(23(18)3)27-14(2)19(25)24-11-6-8-15-7-4-5-9-17(15)24/h4-5,7,9-10,12,14H,6,8,11H2,1-3H3. The molecule has 140 valence electrons. The summed E-state index contributed by atoms with van der Waals surface area (Å²) in [5.74, 6) is 1.65. The van der Waals surface area contributed by atoms with Crippen molar-refractivity contribution >= 4 is 23.4 Å². The lowest BCUT2D eigenvalue weighted by Gasteiger charge is -2.31. The van der Waals surface area contributed by atoms with Crippen molar-refractivity contribution < 1.29 is 9.21 Å². The number of thioether (sulfide) groups is 1. The minimum atomic E-state index is -0.252. The Balaban J connectivity index is 1.54. The first-order valence-corrected chi connectivity index (χ1v) is 9.94. The Kier molecular flexibility index (Phi) is 4.78. The summed E-state index contributed by atoms with van der Waals surface area (Å²) in [6.45, 7) is 4.59. The van der Waals surface area contributed by atoms with E-state index in [0.717, 1.165) is 47.4 Å². The van der Waals surface area contributed by atoms with E-state index in [1.165, 1.54) is 17.3 Å². The molecule has 1 aromatic carbocycles. The number of aromatic nitrogens is 3. The van der Waals surface area contributed by atoms with Gasteiger partial charge >= 0.3 is 0 Å². The Morgan fingerprint density at radius 3 is 2.85 bits per heavy atom. The molecule has 0 spiro atoms. The molecule has 6 nitrogen and oxygen atoms in total. The third-order valence-electron chi connectivity index (χ3n) is 4.94. The lowest BCUT2D eigenvalue weighted by atomic mass is 10.0. The van der Waals surface area contributed by atoms with E-state index in [9.17, 15) is 4.79 Å². The van der Waals surface area contributed by atoms with Gasteiger partial charge < -0.3 is 13.9 Å². The predicted molar refractivity (Wildman–Crippen MR) is 106 cm³/mol. The highest BCUT2D eigenvalue weighted by atomic mass is 32.2. The molecule has 0 bridgehead atoms. The predicted octanol–water partition coefficient (Wildman–Crippen LogP) is 3.84. The average Bonchev–Trinajstić information content (AvgIpc) is 3.26. The summed E-state index contributed by atoms with van der Waals surface area (Å²) in [6.07, 6.45) is 3.66. The summed E-state index contributed by atoms with van der Waals surface area (Å²) in [5, 5.41) is 9.04. The monoisotopic (exact) mass is 382 g/mol. The van der Waals surface area contributed by atoms with Gasteiger partial charge in [0.25, 0.3) is 0 Å². The summed E-state index contributed by atoms with van der Waals surface area (Å²) in [5.41, 5.74) is 3.19. The molecule has 27 heavy (non-hydrogen) atoms. The lowest BCUT2D eigenvalue weighted by Crippen LogP contribution is -2.40. The van der Waals surface area contributed by atoms with E-state index < -0.39 is 0 Å². The van der Waals surface area contributed by atoms with Crippen molar-refractivity contribution in [3.05, 3.63) is 47.9 Å². The number of furan rings is 1. The molecule has 3 heterocycles. The van der Waals surface area contributed by atoms with Crippen molar-refractivity contribution in [1.29, 1.82) is 0 Å². The van der Waals surface area contributed by atoms with Gasteiger partial charge in [-0.2, -0.15) is 0 Å². The van der Waals surface area contributed by atoms with Crippen molar-refractivity contribution in [1.82, 2.24) is 14.8 Å². The number of fused-ring (bicyclic) bond motifs is 1. The van der Waals surface area contributed by atoms with Crippen LogP contribution >= 0.6 is 11.8 Å². The van der Waals surface area contributed by atoms with Gasteiger partial charge in [0.05, 0.1) is 17.1 Å². The van der Waals surface area contributed by atoms with Crippen LogP contribution in [0.3, 0.4) is 0 Å². The maximum atomic E-state index is 13.1. The number of amides is 1. The van der Waals surface area contributed by atoms with Gasteiger partial charge in [0.15, 0.2) is 11.0 Å². The number of carbonyl (C=O) groups excluding carboxylic acids is 1. The van der Waals surface area contributed by atoms with Gasteiger partial charge in [-0.1, -0.05) is 30.0 Å². The van der Waals surface area contributed by atoms with Crippen LogP contribution in [0, 0.1) is 6.92 Å². The largest absolute Gasteiger partial charge is 0.469 e. The molecule has 0 saturated heterocycles. The number of rotatable bonds is 4. The number of hydrogen-bond donors (Lipinski definition) is 0. The second kappa shape index (κ2) is 7.23. The number of anilines is 1. The fraction of sp³-hybridized carbons (Fsp3) is 0.350. The molecular formula is C20H22N4O2S. The SMILES string of the molecule is Cc1occc1-c1nnc(SC(C)C(=O)N2CCCc3ccccc32)n1C. The topological polar surface area (TPSA) is 64.2 Å². The van der Waals surface area contributed by atoms with Gasteiger partial charge in [-0.3, -0.25) is 4.79 Å². The first kappa shape index (κ1) is 17.9. The minimum absolute atomic E-state index is 0.108. The van der Waals surface area contributed by atoms with Crippen LogP contribution in [0.1, 0.15) is 24.7 Å². The smallest absolute Gasteiger partial charge is 0.240 e. The Hall–Kier alpha value is -2.54. The molecule has 0 aliphatic carbocycles. The van der Waals surface area contributed by atoms with Gasteiger partial charge in [-0.15, -0.1) is 10.2 Å². The number of nitrogens with zero attached hydrogens (tertiary/aromatic N) is 4. The molecule has 1 amide bonds. The van der Waals surface area contributed by atoms with Crippen LogP contribution in [-0.2, 0) is 18.3 Å². The van der Waals surface area contributed by atoms with Crippen molar-refractivity contribution in [2.75, 3.05) is 11.4 Å². The third-order valence-corrected chi connectivity index (χ3v) is 6.06. The van der Waals surface area contributed by atoms with Gasteiger partial charge in [0.2, 0.25) is 5.91 Å². The van der Waals surface area contributed by atoms with E-state index in [2.05, 4.69) is 16.3 Å². The zero-order chi connectivity index (χ0) is 19.0. The van der Waals surface area contributed by atoms with E-state index >= 15 is 0 Å². The summed E-state index contributed by atoms with van der Waals surface area (Å²) in [7, 11) is 1.91. The highest BCUT2D eigenvalue weighted by Crippen LogP contribution is 2.32. The van der Waals surface area contributed by atoms with E-state index in [1.807, 2.05) is 54.6 Å². The fourth-order valence-corrected chi connectivity index (χ4v) is 4.34. The molecular weight excluding hydrogens is 360 g/mol. The summed E-state index contributed by atoms with van der Waals surface area (Å²) in [4.78, 5) is 15.0. The zero-order valence-corrected chi connectivity index (χ0v) is 16.5. The van der Waals surface area contributed by atoms with E-state index in [1.54, 1.807) is 6.26 Å². The molecule has 3 aromatic rings. The highest BCUT2D eigenvalue weighted by Gasteiger charge is 2.28. The number of para-hydroxylation sites is 1. The average molecular weight is 382 g/mol. The maximum absolute atomic E-state index is 13.1. The van der Waals surface area contributed by atoms with Crippen LogP contribution in [0.25, 0.3) is 11.4 Å². The molecule has 0 fully saturated rings. The molecule has 0 N–H and O–H groups in total. The second-order valence-electron chi connectivity index (χ2n) is 6.74. The minimum Gasteiger partial charge on any atom is -0.469 e. The number of carbonyl (C=O) groups is 1. The summed E-state index contributed by atoms with van der Waals surface area (Å²) >= 11 is 1.44. The van der Waals surface area contributed by atoms with Crippen molar-refractivity contribution in [2.45, 2.75) is 37.1 Å². The number of hydrogen-bond acceptors (Lipinski definition) is 5. The molecule has 1 unspecified atom stereocenters. The molecule has 2 aromatic heterocycles. The Morgan fingerprint density at radius 2 is 2.07 bits per heavy atom. The quantitative estimate of drug-likeness (QED) is 0.642. The molecule has 1 aliphatic rings. The van der Waals surface area contributed by atoms with Crippen LogP contribution in [0.15, 0.2) is 46.2 Å². The molecule has 7 heteroatoms. The normalized spacial score (nSPS) is 14.9. The highest BCUT2D eigenvalue weighted by molar-refractivity contribution is 8.00. The molecule has 4 rings (SSSR count). The first-order valence-electron chi connectivity index (χ1n) is 9.06. The Bertz CT molecular complexity index is 978. The fourth-order valence-electron chi connectivity index (χ4n) is 3.46. The van der Waals surface area contributed by atoms with Gasteiger partial charge in [0, 0.05) is 19.3 Å². The Labute approximate surface area is 162 Å². The van der Waals surface area contributed by atoms with Crippen molar-refractivity contribution in [3.8, 4) is 11.4 Å². The molecule has 0 saturated carbocycles. The van der Waals surface area contributed by atoms with Gasteiger partial charge in [-0.05, 0) is 44.4 Å². The van der Waals surface area contributed by atoms with Gasteiger partial charge in [0.1, 0.15) is 5.76 Å². The van der Waals surface area contributed by atoms with Crippen molar-refractivity contribution in [2.24, 2.45) is 7.05 Å². The lowest BCUT2D eigenvalue weighted by molar-refractivity contribution is -0.117. The van der Waals surface area contributed by atoms with E-state index in [0.29, 0.717) is 0 Å². The molecule has 1 atom stereocenters. The third kappa shape index (κ3) is 3.27. The van der Waals surface area contributed by atoms with Crippen LogP contribution < -0.4 is 4.90 Å². The summed E-state index contributed by atoms with van der Waals surface area (Å²) < 4.78 is 7.28. The van der Waals surface area contributed by atoms with E-state index in [-0.39, 0.29) is 11.2 Å². The summed E-state index contributed by atoms with van der Waals surface area (Å²) in [6, 6.07) is 10.0. The van der Waals surface area contributed by atoms with Crippen LogP contribution in [0.2, 0.25) is 0 Å². The van der Waals surface area contributed by atoms with E-state index in [4.69, 9.17) is 4.42 Å². The van der Waals surface area contributed by atoms with Crippen LogP contribution in [0.4, 0.5) is 5.69 Å². The molecule has 0 radical (unpaired) electrons. The number of aryl methyl sites for hydroxylation is 2. The number of benzene rings is 1. The van der Waals surface area contributed by atoms with Crippen LogP contribution in [-0.4, -0.2) is 32.5 Å². The molecule has 1 aliphatic heterocycles. The first-order chi connectivity index (χ1) is 13.1.